The Morgan fingerprint density at radius 1 is 0.282 bits per heavy atom. The summed E-state index contributed by atoms with van der Waals surface area (Å²) in [6, 6.07) is 74.6. The second-order valence-corrected chi connectivity index (χ2v) is 20.9. The highest BCUT2D eigenvalue weighted by atomic mass is 15.1. The molecule has 9 aromatic carbocycles. The van der Waals surface area contributed by atoms with Crippen LogP contribution < -0.4 is 0 Å². The Kier molecular flexibility index (Phi) is 9.56. The van der Waals surface area contributed by atoms with Crippen molar-refractivity contribution in [1.29, 1.82) is 0 Å². The molecule has 13 aromatic rings. The smallest absolute Gasteiger partial charge is 0.164 e. The van der Waals surface area contributed by atoms with E-state index in [1.54, 1.807) is 0 Å². The summed E-state index contributed by atoms with van der Waals surface area (Å²) in [5, 5.41) is 7.18. The SMILES string of the molecule is CC(C)(C)c1ccc2c(c1)c1cc(C(C)(C)C)ccc1n2-c1c(-n2c3ccccc3c3ccccc32)cc(-c2nc(-c3ccccc3)nc(-c3ccccc3)n2)cc1-n1c2ccccc2c2ccccc21. The summed E-state index contributed by atoms with van der Waals surface area (Å²) in [6.07, 6.45) is 0. The van der Waals surface area contributed by atoms with E-state index in [-0.39, 0.29) is 10.8 Å². The first-order chi connectivity index (χ1) is 34.5. The largest absolute Gasteiger partial charge is 0.307 e. The minimum Gasteiger partial charge on any atom is -0.307 e. The van der Waals surface area contributed by atoms with E-state index < -0.39 is 0 Å². The number of aromatic nitrogens is 6. The van der Waals surface area contributed by atoms with Crippen molar-refractivity contribution >= 4 is 65.4 Å². The molecule has 13 rings (SSSR count). The quantitative estimate of drug-likeness (QED) is 0.167. The average Bonchev–Trinajstić information content (AvgIpc) is 4.03. The summed E-state index contributed by atoms with van der Waals surface area (Å²) in [7, 11) is 0. The maximum atomic E-state index is 5.40. The van der Waals surface area contributed by atoms with E-state index in [9.17, 15) is 0 Å². The van der Waals surface area contributed by atoms with Crippen LogP contribution >= 0.6 is 0 Å². The van der Waals surface area contributed by atoms with Gasteiger partial charge < -0.3 is 13.7 Å². The minimum absolute atomic E-state index is 0.0596. The Labute approximate surface area is 413 Å². The van der Waals surface area contributed by atoms with Gasteiger partial charge in [-0.15, -0.1) is 0 Å². The van der Waals surface area contributed by atoms with Crippen LogP contribution in [-0.4, -0.2) is 28.7 Å². The van der Waals surface area contributed by atoms with Gasteiger partial charge in [-0.3, -0.25) is 0 Å². The lowest BCUT2D eigenvalue weighted by Crippen LogP contribution is -2.12. The van der Waals surface area contributed by atoms with Crippen LogP contribution in [0.4, 0.5) is 0 Å². The molecule has 0 saturated heterocycles. The fourth-order valence-electron chi connectivity index (χ4n) is 10.8. The van der Waals surface area contributed by atoms with Gasteiger partial charge in [0.25, 0.3) is 0 Å². The van der Waals surface area contributed by atoms with Gasteiger partial charge in [0.2, 0.25) is 0 Å². The van der Waals surface area contributed by atoms with Crippen LogP contribution in [0, 0.1) is 0 Å². The van der Waals surface area contributed by atoms with Crippen LogP contribution in [-0.2, 0) is 10.8 Å². The van der Waals surface area contributed by atoms with Crippen LogP contribution in [0.1, 0.15) is 52.7 Å². The first-order valence-corrected chi connectivity index (χ1v) is 24.6. The van der Waals surface area contributed by atoms with Crippen LogP contribution in [0.15, 0.2) is 206 Å². The predicted molar refractivity (Wildman–Crippen MR) is 297 cm³/mol. The van der Waals surface area contributed by atoms with Crippen molar-refractivity contribution in [3.63, 3.8) is 0 Å². The van der Waals surface area contributed by atoms with Crippen molar-refractivity contribution in [2.45, 2.75) is 52.4 Å². The summed E-state index contributed by atoms with van der Waals surface area (Å²) < 4.78 is 7.50. The Morgan fingerprint density at radius 3 is 0.944 bits per heavy atom. The Hall–Kier alpha value is -8.61. The third kappa shape index (κ3) is 6.88. The molecule has 4 heterocycles. The fraction of sp³-hybridized carbons (Fsp3) is 0.123. The molecular formula is C65H52N6. The molecule has 0 N–H and O–H groups in total. The van der Waals surface area contributed by atoms with E-state index in [0.717, 1.165) is 66.9 Å². The van der Waals surface area contributed by atoms with Gasteiger partial charge >= 0.3 is 0 Å². The maximum absolute atomic E-state index is 5.40. The topological polar surface area (TPSA) is 53.5 Å². The molecule has 342 valence electrons. The first-order valence-electron chi connectivity index (χ1n) is 24.6. The molecule has 0 unspecified atom stereocenters. The average molecular weight is 917 g/mol. The third-order valence-electron chi connectivity index (χ3n) is 14.4. The first kappa shape index (κ1) is 42.5. The summed E-state index contributed by atoms with van der Waals surface area (Å²) in [4.78, 5) is 16.0. The minimum atomic E-state index is -0.0596. The Bertz CT molecular complexity index is 3860. The summed E-state index contributed by atoms with van der Waals surface area (Å²) in [5.74, 6) is 1.81. The summed E-state index contributed by atoms with van der Waals surface area (Å²) in [5.41, 5.74) is 14.9. The fourth-order valence-corrected chi connectivity index (χ4v) is 10.8. The normalized spacial score (nSPS) is 12.4. The lowest BCUT2D eigenvalue weighted by molar-refractivity contribution is 0.590. The molecule has 0 saturated carbocycles. The van der Waals surface area contributed by atoms with Gasteiger partial charge in [0.15, 0.2) is 17.5 Å². The van der Waals surface area contributed by atoms with Crippen LogP contribution in [0.5, 0.6) is 0 Å². The number of benzene rings is 9. The van der Waals surface area contributed by atoms with Crippen LogP contribution in [0.2, 0.25) is 0 Å². The van der Waals surface area contributed by atoms with Gasteiger partial charge in [-0.25, -0.2) is 15.0 Å². The molecular weight excluding hydrogens is 865 g/mol. The molecule has 0 bridgehead atoms. The lowest BCUT2D eigenvalue weighted by atomic mass is 9.85. The molecule has 71 heavy (non-hydrogen) atoms. The zero-order valence-electron chi connectivity index (χ0n) is 40.8. The number of hydrogen-bond acceptors (Lipinski definition) is 3. The van der Waals surface area contributed by atoms with E-state index in [0.29, 0.717) is 17.5 Å². The van der Waals surface area contributed by atoms with Gasteiger partial charge in [-0.05, 0) is 82.6 Å². The van der Waals surface area contributed by atoms with E-state index in [1.807, 2.05) is 36.4 Å². The number of rotatable bonds is 6. The standard InChI is InChI=1S/C65H52N6/c1-64(2,3)44-33-35-56-50(39-44)51-40-45(65(4,5)6)34-36-57(51)71(56)60-58(69-52-29-17-13-25-46(52)47-26-14-18-30-53(47)69)37-43(38-59(60)70-54-31-19-15-27-48(54)49-28-16-20-32-55(49)70)63-67-61(41-21-9-7-10-22-41)66-62(68-63)42-23-11-8-12-24-42/h7-40H,1-6H3. The number of nitrogens with zero attached hydrogens (tertiary/aromatic N) is 6. The molecule has 0 amide bonds. The second-order valence-electron chi connectivity index (χ2n) is 20.9. The second kappa shape index (κ2) is 16.0. The highest BCUT2D eigenvalue weighted by Crippen LogP contribution is 2.46. The molecule has 0 spiro atoms. The summed E-state index contributed by atoms with van der Waals surface area (Å²) in [6.45, 7) is 13.8. The highest BCUT2D eigenvalue weighted by Gasteiger charge is 2.28. The van der Waals surface area contributed by atoms with E-state index in [2.05, 4.69) is 225 Å². The summed E-state index contributed by atoms with van der Waals surface area (Å²) >= 11 is 0. The predicted octanol–water partition coefficient (Wildman–Crippen LogP) is 16.8. The van der Waals surface area contributed by atoms with Gasteiger partial charge in [0, 0.05) is 49.0 Å². The van der Waals surface area contributed by atoms with Crippen molar-refractivity contribution < 1.29 is 0 Å². The van der Waals surface area contributed by atoms with Crippen molar-refractivity contribution in [2.75, 3.05) is 0 Å². The molecule has 6 heteroatoms. The van der Waals surface area contributed by atoms with Crippen LogP contribution in [0.25, 0.3) is 117 Å². The Balaban J connectivity index is 1.27. The molecule has 0 atom stereocenters. The van der Waals surface area contributed by atoms with Crippen LogP contribution in [0.3, 0.4) is 0 Å². The van der Waals surface area contributed by atoms with Gasteiger partial charge in [0.1, 0.15) is 0 Å². The zero-order chi connectivity index (χ0) is 48.2. The molecule has 4 aromatic heterocycles. The number of fused-ring (bicyclic) bond motifs is 9. The van der Waals surface area contributed by atoms with Gasteiger partial charge in [-0.1, -0.05) is 187 Å². The zero-order valence-corrected chi connectivity index (χ0v) is 40.8. The van der Waals surface area contributed by atoms with E-state index >= 15 is 0 Å². The lowest BCUT2D eigenvalue weighted by Gasteiger charge is -2.24. The van der Waals surface area contributed by atoms with Gasteiger partial charge in [0.05, 0.1) is 50.2 Å². The van der Waals surface area contributed by atoms with Crippen molar-refractivity contribution in [2.24, 2.45) is 0 Å². The van der Waals surface area contributed by atoms with E-state index in [1.165, 1.54) is 43.4 Å². The maximum Gasteiger partial charge on any atom is 0.164 e. The molecule has 0 aliphatic heterocycles. The van der Waals surface area contributed by atoms with E-state index in [4.69, 9.17) is 15.0 Å². The van der Waals surface area contributed by atoms with Crippen molar-refractivity contribution in [1.82, 2.24) is 28.7 Å². The third-order valence-corrected chi connectivity index (χ3v) is 14.4. The Morgan fingerprint density at radius 2 is 0.592 bits per heavy atom. The van der Waals surface area contributed by atoms with Crippen molar-refractivity contribution in [3.05, 3.63) is 217 Å². The number of hydrogen-bond donors (Lipinski definition) is 0. The molecule has 6 nitrogen and oxygen atoms in total. The molecule has 0 fully saturated rings. The highest BCUT2D eigenvalue weighted by molar-refractivity contribution is 6.14. The molecule has 0 radical (unpaired) electrons. The molecule has 0 aliphatic rings. The van der Waals surface area contributed by atoms with Crippen molar-refractivity contribution in [3.8, 4) is 51.2 Å². The van der Waals surface area contributed by atoms with Gasteiger partial charge in [-0.2, -0.15) is 0 Å². The molecule has 0 aliphatic carbocycles. The number of para-hydroxylation sites is 4. The monoisotopic (exact) mass is 916 g/mol.